The Balaban J connectivity index is 1.96. The molecule has 0 saturated carbocycles. The summed E-state index contributed by atoms with van der Waals surface area (Å²) < 4.78 is 6.94. The van der Waals surface area contributed by atoms with Crippen LogP contribution in [0.5, 0.6) is 5.75 Å². The van der Waals surface area contributed by atoms with Crippen molar-refractivity contribution in [2.45, 2.75) is 18.9 Å². The molecule has 1 aromatic carbocycles. The summed E-state index contributed by atoms with van der Waals surface area (Å²) in [6.45, 7) is 1.91. The standard InChI is InChI=1S/C12H15ClINO/c1-15-6-2-3-10(15)8-16-12-7-9(14)4-5-11(12)13/h4-5,7,10H,2-3,6,8H2,1H3/t10-/m0/s1. The minimum absolute atomic E-state index is 0.536. The van der Waals surface area contributed by atoms with Crippen molar-refractivity contribution < 1.29 is 4.74 Å². The third-order valence-electron chi connectivity index (χ3n) is 3.00. The van der Waals surface area contributed by atoms with Gasteiger partial charge in [-0.25, -0.2) is 0 Å². The van der Waals surface area contributed by atoms with E-state index in [0.717, 1.165) is 15.9 Å². The van der Waals surface area contributed by atoms with Gasteiger partial charge in [0.25, 0.3) is 0 Å². The lowest BCUT2D eigenvalue weighted by Gasteiger charge is -2.20. The molecule has 0 amide bonds. The molecule has 0 aromatic heterocycles. The van der Waals surface area contributed by atoms with Gasteiger partial charge in [0.05, 0.1) is 5.02 Å². The van der Waals surface area contributed by atoms with E-state index < -0.39 is 0 Å². The van der Waals surface area contributed by atoms with E-state index in [0.29, 0.717) is 11.1 Å². The zero-order chi connectivity index (χ0) is 11.5. The molecule has 1 aliphatic rings. The summed E-state index contributed by atoms with van der Waals surface area (Å²) in [4.78, 5) is 2.35. The molecule has 1 atom stereocenters. The van der Waals surface area contributed by atoms with Gasteiger partial charge < -0.3 is 9.64 Å². The maximum Gasteiger partial charge on any atom is 0.139 e. The van der Waals surface area contributed by atoms with Crippen molar-refractivity contribution in [3.05, 3.63) is 26.8 Å². The van der Waals surface area contributed by atoms with E-state index in [1.54, 1.807) is 0 Å². The molecule has 1 aromatic rings. The molecule has 2 nitrogen and oxygen atoms in total. The van der Waals surface area contributed by atoms with E-state index in [4.69, 9.17) is 16.3 Å². The number of halogens is 2. The summed E-state index contributed by atoms with van der Waals surface area (Å²) in [5, 5.41) is 0.695. The van der Waals surface area contributed by atoms with Gasteiger partial charge in [0, 0.05) is 9.61 Å². The quantitative estimate of drug-likeness (QED) is 0.774. The van der Waals surface area contributed by atoms with E-state index in [-0.39, 0.29) is 0 Å². The lowest BCUT2D eigenvalue weighted by atomic mass is 10.2. The number of likely N-dealkylation sites (tertiary alicyclic amines) is 1. The van der Waals surface area contributed by atoms with E-state index in [2.05, 4.69) is 34.5 Å². The lowest BCUT2D eigenvalue weighted by Crippen LogP contribution is -2.30. The first-order valence-corrected chi connectivity index (χ1v) is 6.90. The van der Waals surface area contributed by atoms with Crippen molar-refractivity contribution in [1.29, 1.82) is 0 Å². The number of nitrogens with zero attached hydrogens (tertiary/aromatic N) is 1. The zero-order valence-corrected chi connectivity index (χ0v) is 12.2. The highest BCUT2D eigenvalue weighted by molar-refractivity contribution is 14.1. The first-order chi connectivity index (χ1) is 7.66. The molecule has 16 heavy (non-hydrogen) atoms. The minimum atomic E-state index is 0.536. The normalized spacial score (nSPS) is 21.3. The van der Waals surface area contributed by atoms with Crippen LogP contribution in [0.3, 0.4) is 0 Å². The smallest absolute Gasteiger partial charge is 0.139 e. The van der Waals surface area contributed by atoms with Crippen LogP contribution in [-0.4, -0.2) is 31.1 Å². The lowest BCUT2D eigenvalue weighted by molar-refractivity contribution is 0.198. The zero-order valence-electron chi connectivity index (χ0n) is 9.25. The second-order valence-corrected chi connectivity index (χ2v) is 5.82. The maximum atomic E-state index is 6.08. The molecule has 0 N–H and O–H groups in total. The Morgan fingerprint density at radius 2 is 2.38 bits per heavy atom. The van der Waals surface area contributed by atoms with Crippen LogP contribution in [0.1, 0.15) is 12.8 Å². The summed E-state index contributed by atoms with van der Waals surface area (Å²) in [7, 11) is 2.15. The van der Waals surface area contributed by atoms with Gasteiger partial charge in [-0.3, -0.25) is 0 Å². The summed E-state index contributed by atoms with van der Waals surface area (Å²) >= 11 is 8.34. The van der Waals surface area contributed by atoms with Gasteiger partial charge in [-0.1, -0.05) is 11.6 Å². The Morgan fingerprint density at radius 1 is 1.56 bits per heavy atom. The SMILES string of the molecule is CN1CCC[C@H]1COc1cc(I)ccc1Cl. The fourth-order valence-electron chi connectivity index (χ4n) is 1.96. The number of rotatable bonds is 3. The number of likely N-dealkylation sites (N-methyl/N-ethyl adjacent to an activating group) is 1. The molecule has 0 bridgehead atoms. The predicted molar refractivity (Wildman–Crippen MR) is 75.3 cm³/mol. The van der Waals surface area contributed by atoms with Crippen LogP contribution < -0.4 is 4.74 Å². The maximum absolute atomic E-state index is 6.08. The van der Waals surface area contributed by atoms with Gasteiger partial charge in [-0.2, -0.15) is 0 Å². The van der Waals surface area contributed by atoms with Crippen molar-refractivity contribution >= 4 is 34.2 Å². The Labute approximate surface area is 115 Å². The monoisotopic (exact) mass is 351 g/mol. The molecular weight excluding hydrogens is 336 g/mol. The number of hydrogen-bond donors (Lipinski definition) is 0. The number of hydrogen-bond acceptors (Lipinski definition) is 2. The number of benzene rings is 1. The Bertz CT molecular complexity index is 372. The van der Waals surface area contributed by atoms with E-state index in [1.807, 2.05) is 18.2 Å². The third kappa shape index (κ3) is 3.02. The fraction of sp³-hybridized carbons (Fsp3) is 0.500. The van der Waals surface area contributed by atoms with Gasteiger partial charge in [-0.15, -0.1) is 0 Å². The molecule has 0 unspecified atom stereocenters. The molecule has 1 aliphatic heterocycles. The van der Waals surface area contributed by atoms with Gasteiger partial charge in [-0.05, 0) is 67.2 Å². The molecule has 2 rings (SSSR count). The average molecular weight is 352 g/mol. The fourth-order valence-corrected chi connectivity index (χ4v) is 2.60. The second-order valence-electron chi connectivity index (χ2n) is 4.16. The first-order valence-electron chi connectivity index (χ1n) is 5.45. The largest absolute Gasteiger partial charge is 0.490 e. The molecule has 0 spiro atoms. The van der Waals surface area contributed by atoms with Crippen molar-refractivity contribution in [2.75, 3.05) is 20.2 Å². The minimum Gasteiger partial charge on any atom is -0.490 e. The molecule has 4 heteroatoms. The van der Waals surface area contributed by atoms with Crippen molar-refractivity contribution in [2.24, 2.45) is 0 Å². The Morgan fingerprint density at radius 3 is 3.06 bits per heavy atom. The van der Waals surface area contributed by atoms with Crippen LogP contribution >= 0.6 is 34.2 Å². The third-order valence-corrected chi connectivity index (χ3v) is 3.98. The first kappa shape index (κ1) is 12.5. The summed E-state index contributed by atoms with van der Waals surface area (Å²) in [6, 6.07) is 6.39. The van der Waals surface area contributed by atoms with Crippen LogP contribution in [0.15, 0.2) is 18.2 Å². The molecule has 1 fully saturated rings. The van der Waals surface area contributed by atoms with Crippen molar-refractivity contribution in [3.8, 4) is 5.75 Å². The molecule has 0 aliphatic carbocycles. The van der Waals surface area contributed by atoms with Crippen LogP contribution in [-0.2, 0) is 0 Å². The van der Waals surface area contributed by atoms with Crippen molar-refractivity contribution in [1.82, 2.24) is 4.90 Å². The van der Waals surface area contributed by atoms with Gasteiger partial charge in [0.2, 0.25) is 0 Å². The molecule has 1 saturated heterocycles. The molecule has 0 radical (unpaired) electrons. The van der Waals surface area contributed by atoms with E-state index >= 15 is 0 Å². The molecule has 1 heterocycles. The van der Waals surface area contributed by atoms with Gasteiger partial charge in [0.15, 0.2) is 0 Å². The van der Waals surface area contributed by atoms with Crippen molar-refractivity contribution in [3.63, 3.8) is 0 Å². The molecule has 88 valence electrons. The number of ether oxygens (including phenoxy) is 1. The molecular formula is C12H15ClINO. The Kier molecular flexibility index (Phi) is 4.33. The van der Waals surface area contributed by atoms with Gasteiger partial charge >= 0.3 is 0 Å². The van der Waals surface area contributed by atoms with Crippen LogP contribution in [0.2, 0.25) is 5.02 Å². The van der Waals surface area contributed by atoms with Crippen LogP contribution in [0.4, 0.5) is 0 Å². The van der Waals surface area contributed by atoms with E-state index in [9.17, 15) is 0 Å². The van der Waals surface area contributed by atoms with Gasteiger partial charge in [0.1, 0.15) is 12.4 Å². The summed E-state index contributed by atoms with van der Waals surface area (Å²) in [5.74, 6) is 0.800. The van der Waals surface area contributed by atoms with E-state index in [1.165, 1.54) is 19.4 Å². The summed E-state index contributed by atoms with van der Waals surface area (Å²) in [5.41, 5.74) is 0. The predicted octanol–water partition coefficient (Wildman–Crippen LogP) is 3.42. The summed E-state index contributed by atoms with van der Waals surface area (Å²) in [6.07, 6.45) is 2.49. The topological polar surface area (TPSA) is 12.5 Å². The van der Waals surface area contributed by atoms with Crippen LogP contribution in [0.25, 0.3) is 0 Å². The Hall–Kier alpha value is -0.0000000000000000555. The highest BCUT2D eigenvalue weighted by Gasteiger charge is 2.21. The highest BCUT2D eigenvalue weighted by Crippen LogP contribution is 2.27. The average Bonchev–Trinajstić information content (AvgIpc) is 2.66. The second kappa shape index (κ2) is 5.56. The van der Waals surface area contributed by atoms with Crippen LogP contribution in [0, 0.1) is 3.57 Å². The highest BCUT2D eigenvalue weighted by atomic mass is 127.